The van der Waals surface area contributed by atoms with Gasteiger partial charge < -0.3 is 5.11 Å². The van der Waals surface area contributed by atoms with Crippen LogP contribution < -0.4 is 5.43 Å². The Morgan fingerprint density at radius 2 is 2.54 bits per heavy atom. The number of hydrogen-bond donors (Lipinski definition) is 2. The zero-order chi connectivity index (χ0) is 9.68. The first-order valence-corrected chi connectivity index (χ1v) is 4.12. The smallest absolute Gasteiger partial charge is 0.144 e. The lowest BCUT2D eigenvalue weighted by Gasteiger charge is -2.01. The lowest BCUT2D eigenvalue weighted by atomic mass is 10.3. The fourth-order valence-corrected chi connectivity index (χ4v) is 0.854. The minimum absolute atomic E-state index is 0.127. The number of hydrogen-bond acceptors (Lipinski definition) is 4. The first kappa shape index (κ1) is 9.73. The number of anilines is 1. The molecular weight excluding hydrogens is 168 g/mol. The topological polar surface area (TPSA) is 62.4 Å². The van der Waals surface area contributed by atoms with Crippen molar-refractivity contribution in [3.63, 3.8) is 0 Å². The second-order valence-corrected chi connectivity index (χ2v) is 2.77. The normalized spacial score (nSPS) is 11.8. The molecule has 0 unspecified atom stereocenters. The first-order chi connectivity index (χ1) is 6.24. The third-order valence-electron chi connectivity index (χ3n) is 1.66. The van der Waals surface area contributed by atoms with Gasteiger partial charge in [-0.3, -0.25) is 10.1 Å². The molecule has 0 aliphatic heterocycles. The third kappa shape index (κ3) is 2.87. The molecule has 0 amide bonds. The molecule has 0 saturated heterocycles. The minimum atomic E-state index is 0.127. The molecule has 0 atom stereocenters. The van der Waals surface area contributed by atoms with Crippen LogP contribution in [0.3, 0.4) is 0 Å². The van der Waals surface area contributed by atoms with Gasteiger partial charge in [0.25, 0.3) is 0 Å². The predicted molar refractivity (Wildman–Crippen MR) is 51.6 cm³/mol. The van der Waals surface area contributed by atoms with Gasteiger partial charge >= 0.3 is 0 Å². The molecular formula is C8H14N4O. The van der Waals surface area contributed by atoms with Crippen LogP contribution in [0.15, 0.2) is 17.4 Å². The number of rotatable bonds is 4. The van der Waals surface area contributed by atoms with E-state index in [-0.39, 0.29) is 6.61 Å². The van der Waals surface area contributed by atoms with Crippen molar-refractivity contribution in [3.8, 4) is 0 Å². The zero-order valence-electron chi connectivity index (χ0n) is 7.86. The molecule has 1 aromatic heterocycles. The Balaban J connectivity index is 2.51. The van der Waals surface area contributed by atoms with E-state index in [1.54, 1.807) is 10.9 Å². The number of nitrogens with zero attached hydrogens (tertiary/aromatic N) is 3. The van der Waals surface area contributed by atoms with E-state index in [1.165, 1.54) is 0 Å². The lowest BCUT2D eigenvalue weighted by molar-refractivity contribution is 0.307. The lowest BCUT2D eigenvalue weighted by Crippen LogP contribution is -2.03. The summed E-state index contributed by atoms with van der Waals surface area (Å²) in [7, 11) is 1.83. The van der Waals surface area contributed by atoms with Crippen LogP contribution in [-0.2, 0) is 7.05 Å². The van der Waals surface area contributed by atoms with E-state index in [0.29, 0.717) is 6.42 Å². The molecule has 1 aromatic rings. The van der Waals surface area contributed by atoms with Gasteiger partial charge in [0.1, 0.15) is 5.82 Å². The molecule has 0 fully saturated rings. The van der Waals surface area contributed by atoms with Crippen molar-refractivity contribution in [2.45, 2.75) is 13.3 Å². The molecule has 13 heavy (non-hydrogen) atoms. The van der Waals surface area contributed by atoms with Gasteiger partial charge in [-0.2, -0.15) is 10.2 Å². The van der Waals surface area contributed by atoms with E-state index in [2.05, 4.69) is 15.6 Å². The molecule has 2 N–H and O–H groups in total. The van der Waals surface area contributed by atoms with E-state index in [0.717, 1.165) is 11.5 Å². The number of aliphatic hydroxyl groups is 1. The van der Waals surface area contributed by atoms with Crippen molar-refractivity contribution in [2.24, 2.45) is 12.1 Å². The number of hydrazone groups is 1. The summed E-state index contributed by atoms with van der Waals surface area (Å²) in [4.78, 5) is 0. The van der Waals surface area contributed by atoms with Crippen molar-refractivity contribution in [1.82, 2.24) is 9.78 Å². The third-order valence-corrected chi connectivity index (χ3v) is 1.66. The second-order valence-electron chi connectivity index (χ2n) is 2.77. The van der Waals surface area contributed by atoms with E-state index in [9.17, 15) is 0 Å². The molecule has 0 aliphatic rings. The molecule has 0 spiro atoms. The Bertz CT molecular complexity index is 292. The Morgan fingerprint density at radius 3 is 3.08 bits per heavy atom. The fraction of sp³-hybridized carbons (Fsp3) is 0.500. The molecule has 0 radical (unpaired) electrons. The minimum Gasteiger partial charge on any atom is -0.396 e. The summed E-state index contributed by atoms with van der Waals surface area (Å²) in [5.74, 6) is 0.831. The summed E-state index contributed by atoms with van der Waals surface area (Å²) in [6.07, 6.45) is 2.28. The molecule has 1 heterocycles. The quantitative estimate of drug-likeness (QED) is 0.529. The highest BCUT2D eigenvalue weighted by Gasteiger charge is 1.95. The molecule has 0 aliphatic carbocycles. The summed E-state index contributed by atoms with van der Waals surface area (Å²) in [5, 5.41) is 16.7. The summed E-state index contributed by atoms with van der Waals surface area (Å²) in [6, 6.07) is 1.83. The van der Waals surface area contributed by atoms with Gasteiger partial charge in [0.05, 0.1) is 6.20 Å². The maximum atomic E-state index is 8.62. The highest BCUT2D eigenvalue weighted by Crippen LogP contribution is 2.02. The number of nitrogens with one attached hydrogen (secondary N) is 1. The van der Waals surface area contributed by atoms with Gasteiger partial charge in [0.15, 0.2) is 0 Å². The number of aliphatic hydroxyl groups excluding tert-OH is 1. The Labute approximate surface area is 77.1 Å². The van der Waals surface area contributed by atoms with Crippen LogP contribution in [0.2, 0.25) is 0 Å². The predicted octanol–water partition coefficient (Wildman–Crippen LogP) is 0.590. The van der Waals surface area contributed by atoms with E-state index in [4.69, 9.17) is 5.11 Å². The Morgan fingerprint density at radius 1 is 1.77 bits per heavy atom. The Kier molecular flexibility index (Phi) is 3.45. The van der Waals surface area contributed by atoms with Crippen molar-refractivity contribution in [2.75, 3.05) is 12.0 Å². The van der Waals surface area contributed by atoms with Crippen LogP contribution in [-0.4, -0.2) is 27.2 Å². The zero-order valence-corrected chi connectivity index (χ0v) is 7.86. The van der Waals surface area contributed by atoms with Crippen LogP contribution in [0.5, 0.6) is 0 Å². The molecule has 0 aromatic carbocycles. The van der Waals surface area contributed by atoms with Gasteiger partial charge in [-0.05, 0) is 6.92 Å². The van der Waals surface area contributed by atoms with Crippen molar-refractivity contribution in [3.05, 3.63) is 12.3 Å². The highest BCUT2D eigenvalue weighted by atomic mass is 16.3. The van der Waals surface area contributed by atoms with Crippen LogP contribution in [0.25, 0.3) is 0 Å². The van der Waals surface area contributed by atoms with Gasteiger partial charge in [0.2, 0.25) is 0 Å². The van der Waals surface area contributed by atoms with E-state index >= 15 is 0 Å². The molecule has 1 rings (SSSR count). The van der Waals surface area contributed by atoms with Crippen molar-refractivity contribution >= 4 is 11.5 Å². The molecule has 5 nitrogen and oxygen atoms in total. The van der Waals surface area contributed by atoms with Crippen LogP contribution in [0.1, 0.15) is 13.3 Å². The second kappa shape index (κ2) is 4.61. The summed E-state index contributed by atoms with van der Waals surface area (Å²) in [5.41, 5.74) is 3.72. The highest BCUT2D eigenvalue weighted by molar-refractivity contribution is 5.82. The number of aryl methyl sites for hydroxylation is 1. The fourth-order valence-electron chi connectivity index (χ4n) is 0.854. The van der Waals surface area contributed by atoms with Crippen LogP contribution in [0.4, 0.5) is 5.82 Å². The SMILES string of the molecule is C/C(CCO)=N/Nc1ccnn1C. The molecule has 72 valence electrons. The molecule has 0 saturated carbocycles. The monoisotopic (exact) mass is 182 g/mol. The maximum Gasteiger partial charge on any atom is 0.144 e. The van der Waals surface area contributed by atoms with Crippen LogP contribution >= 0.6 is 0 Å². The van der Waals surface area contributed by atoms with Gasteiger partial charge in [-0.1, -0.05) is 0 Å². The average Bonchev–Trinajstić information content (AvgIpc) is 2.48. The van der Waals surface area contributed by atoms with E-state index < -0.39 is 0 Å². The van der Waals surface area contributed by atoms with Gasteiger partial charge in [-0.15, -0.1) is 0 Å². The summed E-state index contributed by atoms with van der Waals surface area (Å²) >= 11 is 0. The maximum absolute atomic E-state index is 8.62. The van der Waals surface area contributed by atoms with Gasteiger partial charge in [0, 0.05) is 31.9 Å². The Hall–Kier alpha value is -1.36. The summed E-state index contributed by atoms with van der Waals surface area (Å²) < 4.78 is 1.69. The molecule has 0 bridgehead atoms. The summed E-state index contributed by atoms with van der Waals surface area (Å²) in [6.45, 7) is 1.99. The van der Waals surface area contributed by atoms with Crippen molar-refractivity contribution in [1.29, 1.82) is 0 Å². The van der Waals surface area contributed by atoms with Crippen molar-refractivity contribution < 1.29 is 5.11 Å². The average molecular weight is 182 g/mol. The largest absolute Gasteiger partial charge is 0.396 e. The number of aromatic nitrogens is 2. The first-order valence-electron chi connectivity index (χ1n) is 4.12. The van der Waals surface area contributed by atoms with Gasteiger partial charge in [-0.25, -0.2) is 0 Å². The molecule has 5 heteroatoms. The van der Waals surface area contributed by atoms with E-state index in [1.807, 2.05) is 20.0 Å². The van der Waals surface area contributed by atoms with Crippen LogP contribution in [0, 0.1) is 0 Å². The standard InChI is InChI=1S/C8H14N4O/c1-7(4-6-13)10-11-8-3-5-9-12(8)2/h3,5,11,13H,4,6H2,1-2H3/b10-7-.